The molecule has 0 aliphatic rings. The number of benzene rings is 2. The average molecular weight is 254 g/mol. The lowest BCUT2D eigenvalue weighted by molar-refractivity contribution is 0.102. The van der Waals surface area contributed by atoms with Crippen molar-refractivity contribution >= 4 is 11.6 Å². The highest BCUT2D eigenvalue weighted by Gasteiger charge is 2.13. The third kappa shape index (κ3) is 2.83. The van der Waals surface area contributed by atoms with Crippen LogP contribution in [0.4, 0.5) is 5.69 Å². The lowest BCUT2D eigenvalue weighted by Crippen LogP contribution is -2.16. The summed E-state index contributed by atoms with van der Waals surface area (Å²) >= 11 is 0. The average Bonchev–Trinajstić information content (AvgIpc) is 2.39. The smallest absolute Gasteiger partial charge is 0.256 e. The number of anilines is 1. The van der Waals surface area contributed by atoms with Crippen LogP contribution >= 0.6 is 0 Å². The van der Waals surface area contributed by atoms with Gasteiger partial charge in [-0.25, -0.2) is 0 Å². The predicted molar refractivity (Wildman–Crippen MR) is 78.2 cm³/mol. The lowest BCUT2D eigenvalue weighted by atomic mass is 10.0. The fourth-order valence-corrected chi connectivity index (χ4v) is 2.18. The van der Waals surface area contributed by atoms with Crippen molar-refractivity contribution in [3.05, 3.63) is 64.7 Å². The molecule has 0 spiro atoms. The maximum absolute atomic E-state index is 12.4. The monoisotopic (exact) mass is 254 g/mol. The fourth-order valence-electron chi connectivity index (χ4n) is 2.18. The van der Waals surface area contributed by atoms with Crippen LogP contribution in [0.5, 0.6) is 0 Å². The van der Waals surface area contributed by atoms with Crippen molar-refractivity contribution in [1.82, 2.24) is 0 Å². The molecule has 3 nitrogen and oxygen atoms in total. The van der Waals surface area contributed by atoms with Gasteiger partial charge in [-0.1, -0.05) is 36.4 Å². The fraction of sp³-hybridized carbons (Fsp3) is 0.188. The van der Waals surface area contributed by atoms with Crippen molar-refractivity contribution in [2.45, 2.75) is 20.4 Å². The predicted octanol–water partition coefficient (Wildman–Crippen LogP) is 3.01. The van der Waals surface area contributed by atoms with Crippen LogP contribution < -0.4 is 11.1 Å². The summed E-state index contributed by atoms with van der Waals surface area (Å²) in [7, 11) is 0. The van der Waals surface area contributed by atoms with E-state index in [1.54, 1.807) is 0 Å². The second-order valence-corrected chi connectivity index (χ2v) is 4.58. The Labute approximate surface area is 113 Å². The SMILES string of the molecule is Cc1cccc(C)c1C(=O)Nc1ccccc1CN. The topological polar surface area (TPSA) is 55.1 Å². The maximum atomic E-state index is 12.4. The Morgan fingerprint density at radius 3 is 2.32 bits per heavy atom. The van der Waals surface area contributed by atoms with E-state index < -0.39 is 0 Å². The number of para-hydroxylation sites is 1. The molecule has 0 saturated heterocycles. The molecule has 0 aliphatic heterocycles. The van der Waals surface area contributed by atoms with Crippen molar-refractivity contribution < 1.29 is 4.79 Å². The van der Waals surface area contributed by atoms with Gasteiger partial charge in [-0.05, 0) is 36.6 Å². The number of hydrogen-bond acceptors (Lipinski definition) is 2. The molecule has 0 heterocycles. The highest BCUT2D eigenvalue weighted by Crippen LogP contribution is 2.18. The first-order chi connectivity index (χ1) is 9.13. The highest BCUT2D eigenvalue weighted by molar-refractivity contribution is 6.06. The Hall–Kier alpha value is -2.13. The molecule has 3 heteroatoms. The van der Waals surface area contributed by atoms with Crippen LogP contribution in [-0.2, 0) is 6.54 Å². The molecule has 19 heavy (non-hydrogen) atoms. The second-order valence-electron chi connectivity index (χ2n) is 4.58. The molecule has 0 aromatic heterocycles. The molecule has 2 rings (SSSR count). The first kappa shape index (κ1) is 13.3. The number of nitrogens with two attached hydrogens (primary N) is 1. The van der Waals surface area contributed by atoms with Crippen molar-refractivity contribution in [2.75, 3.05) is 5.32 Å². The summed E-state index contributed by atoms with van der Waals surface area (Å²) in [5, 5.41) is 2.94. The van der Waals surface area contributed by atoms with Crippen LogP contribution in [-0.4, -0.2) is 5.91 Å². The molecule has 0 unspecified atom stereocenters. The van der Waals surface area contributed by atoms with Crippen LogP contribution in [0.25, 0.3) is 0 Å². The summed E-state index contributed by atoms with van der Waals surface area (Å²) in [5.41, 5.74) is 10.1. The minimum Gasteiger partial charge on any atom is -0.326 e. The van der Waals surface area contributed by atoms with Gasteiger partial charge in [-0.2, -0.15) is 0 Å². The lowest BCUT2D eigenvalue weighted by Gasteiger charge is -2.12. The quantitative estimate of drug-likeness (QED) is 0.884. The third-order valence-electron chi connectivity index (χ3n) is 3.19. The van der Waals surface area contributed by atoms with Crippen LogP contribution in [0.2, 0.25) is 0 Å². The second kappa shape index (κ2) is 5.67. The van der Waals surface area contributed by atoms with E-state index in [4.69, 9.17) is 5.73 Å². The van der Waals surface area contributed by atoms with Crippen molar-refractivity contribution in [3.8, 4) is 0 Å². The minimum absolute atomic E-state index is 0.0866. The number of nitrogens with one attached hydrogen (secondary N) is 1. The summed E-state index contributed by atoms with van der Waals surface area (Å²) in [4.78, 5) is 12.4. The van der Waals surface area contributed by atoms with Gasteiger partial charge in [0.2, 0.25) is 0 Å². The van der Waals surface area contributed by atoms with E-state index >= 15 is 0 Å². The standard InChI is InChI=1S/C16H18N2O/c1-11-6-5-7-12(2)15(11)16(19)18-14-9-4-3-8-13(14)10-17/h3-9H,10,17H2,1-2H3,(H,18,19). The van der Waals surface area contributed by atoms with Crippen LogP contribution in [0.3, 0.4) is 0 Å². The van der Waals surface area contributed by atoms with E-state index in [0.29, 0.717) is 6.54 Å². The molecule has 0 saturated carbocycles. The summed E-state index contributed by atoms with van der Waals surface area (Å²) < 4.78 is 0. The normalized spacial score (nSPS) is 10.3. The largest absolute Gasteiger partial charge is 0.326 e. The number of aryl methyl sites for hydroxylation is 2. The zero-order valence-electron chi connectivity index (χ0n) is 11.2. The molecule has 0 radical (unpaired) electrons. The molecular weight excluding hydrogens is 236 g/mol. The summed E-state index contributed by atoms with van der Waals surface area (Å²) in [6, 6.07) is 13.4. The number of carbonyl (C=O) groups is 1. The van der Waals surface area contributed by atoms with Gasteiger partial charge in [-0.15, -0.1) is 0 Å². The van der Waals surface area contributed by atoms with E-state index in [0.717, 1.165) is 27.9 Å². The Balaban J connectivity index is 2.31. The van der Waals surface area contributed by atoms with Crippen LogP contribution in [0.15, 0.2) is 42.5 Å². The number of rotatable bonds is 3. The Kier molecular flexibility index (Phi) is 3.97. The number of hydrogen-bond donors (Lipinski definition) is 2. The van der Waals surface area contributed by atoms with Gasteiger partial charge in [0.25, 0.3) is 5.91 Å². The number of amides is 1. The van der Waals surface area contributed by atoms with E-state index in [-0.39, 0.29) is 5.91 Å². The van der Waals surface area contributed by atoms with Crippen LogP contribution in [0, 0.1) is 13.8 Å². The molecule has 2 aromatic carbocycles. The van der Waals surface area contributed by atoms with Gasteiger partial charge in [0.15, 0.2) is 0 Å². The Morgan fingerprint density at radius 1 is 1.05 bits per heavy atom. The first-order valence-electron chi connectivity index (χ1n) is 6.29. The molecule has 1 amide bonds. The summed E-state index contributed by atoms with van der Waals surface area (Å²) in [6.07, 6.45) is 0. The van der Waals surface area contributed by atoms with Gasteiger partial charge in [0.05, 0.1) is 0 Å². The van der Waals surface area contributed by atoms with Crippen molar-refractivity contribution in [2.24, 2.45) is 5.73 Å². The van der Waals surface area contributed by atoms with Crippen molar-refractivity contribution in [3.63, 3.8) is 0 Å². The minimum atomic E-state index is -0.0866. The first-order valence-corrected chi connectivity index (χ1v) is 6.29. The zero-order chi connectivity index (χ0) is 13.8. The van der Waals surface area contributed by atoms with Crippen molar-refractivity contribution in [1.29, 1.82) is 0 Å². The molecule has 98 valence electrons. The molecule has 0 atom stereocenters. The third-order valence-corrected chi connectivity index (χ3v) is 3.19. The zero-order valence-corrected chi connectivity index (χ0v) is 11.2. The van der Waals surface area contributed by atoms with Gasteiger partial charge >= 0.3 is 0 Å². The van der Waals surface area contributed by atoms with E-state index in [9.17, 15) is 4.79 Å². The molecule has 0 fully saturated rings. The van der Waals surface area contributed by atoms with Gasteiger partial charge < -0.3 is 11.1 Å². The maximum Gasteiger partial charge on any atom is 0.256 e. The highest BCUT2D eigenvalue weighted by atomic mass is 16.1. The van der Waals surface area contributed by atoms with E-state index in [1.807, 2.05) is 56.3 Å². The molecule has 0 aliphatic carbocycles. The van der Waals surface area contributed by atoms with Gasteiger partial charge in [-0.3, -0.25) is 4.79 Å². The Morgan fingerprint density at radius 2 is 1.68 bits per heavy atom. The summed E-state index contributed by atoms with van der Waals surface area (Å²) in [5.74, 6) is -0.0866. The van der Waals surface area contributed by atoms with E-state index in [2.05, 4.69) is 5.32 Å². The molecule has 0 bridgehead atoms. The Bertz CT molecular complexity index is 585. The summed E-state index contributed by atoms with van der Waals surface area (Å²) in [6.45, 7) is 4.29. The van der Waals surface area contributed by atoms with Gasteiger partial charge in [0.1, 0.15) is 0 Å². The van der Waals surface area contributed by atoms with E-state index in [1.165, 1.54) is 0 Å². The molecule has 3 N–H and O–H groups in total. The van der Waals surface area contributed by atoms with Gasteiger partial charge in [0, 0.05) is 17.8 Å². The van der Waals surface area contributed by atoms with Crippen LogP contribution in [0.1, 0.15) is 27.0 Å². The molecule has 2 aromatic rings. The molecular formula is C16H18N2O. The number of carbonyl (C=O) groups excluding carboxylic acids is 1.